The van der Waals surface area contributed by atoms with Crippen LogP contribution in [0.3, 0.4) is 0 Å². The minimum atomic E-state index is 1.20. The van der Waals surface area contributed by atoms with Crippen molar-refractivity contribution in [1.82, 2.24) is 0 Å². The first kappa shape index (κ1) is 7.33. The van der Waals surface area contributed by atoms with Gasteiger partial charge in [-0.25, -0.2) is 0 Å². The molecule has 0 saturated heterocycles. The van der Waals surface area contributed by atoms with E-state index < -0.39 is 0 Å². The molecule has 0 aliphatic carbocycles. The highest BCUT2D eigenvalue weighted by Gasteiger charge is 1.87. The zero-order valence-corrected chi connectivity index (χ0v) is 6.43. The first-order valence-electron chi connectivity index (χ1n) is 3.88. The minimum Gasteiger partial charge on any atom is -0.0654 e. The molecular weight excluding hydrogens is 120 g/mol. The summed E-state index contributed by atoms with van der Waals surface area (Å²) in [5.74, 6) is 0. The second kappa shape index (κ2) is 4.10. The molecule has 1 rings (SSSR count). The second-order valence-corrected chi connectivity index (χ2v) is 2.52. The summed E-state index contributed by atoms with van der Waals surface area (Å²) in [6.45, 7) is 2.21. The molecule has 0 saturated carbocycles. The molecule has 0 atom stereocenters. The lowest BCUT2D eigenvalue weighted by Gasteiger charge is -1.96. The lowest BCUT2D eigenvalue weighted by atomic mass is 10.1. The highest BCUT2D eigenvalue weighted by atomic mass is 13.9. The van der Waals surface area contributed by atoms with E-state index in [1.165, 1.54) is 24.8 Å². The van der Waals surface area contributed by atoms with E-state index in [1.807, 2.05) is 12.1 Å². The molecule has 1 aromatic rings. The number of benzene rings is 1. The van der Waals surface area contributed by atoms with E-state index in [9.17, 15) is 0 Å². The fourth-order valence-corrected chi connectivity index (χ4v) is 0.967. The van der Waals surface area contributed by atoms with Gasteiger partial charge in [-0.2, -0.15) is 0 Å². The van der Waals surface area contributed by atoms with Gasteiger partial charge in [0.05, 0.1) is 0 Å². The molecule has 0 aromatic heterocycles. The SMILES string of the molecule is CCCCc1c[c]ccc1. The first-order chi connectivity index (χ1) is 4.93. The number of unbranched alkanes of at least 4 members (excludes halogenated alkanes) is 1. The molecule has 0 aliphatic heterocycles. The van der Waals surface area contributed by atoms with Gasteiger partial charge in [0.15, 0.2) is 0 Å². The third kappa shape index (κ3) is 2.22. The Balaban J connectivity index is 2.43. The molecule has 0 heteroatoms. The lowest BCUT2D eigenvalue weighted by Crippen LogP contribution is -1.81. The summed E-state index contributed by atoms with van der Waals surface area (Å²) < 4.78 is 0. The van der Waals surface area contributed by atoms with Crippen LogP contribution in [-0.2, 0) is 6.42 Å². The third-order valence-corrected chi connectivity index (χ3v) is 1.59. The van der Waals surface area contributed by atoms with Gasteiger partial charge in [-0.1, -0.05) is 37.6 Å². The summed E-state index contributed by atoms with van der Waals surface area (Å²) >= 11 is 0. The normalized spacial score (nSPS) is 9.70. The smallest absolute Gasteiger partial charge is 0.0181 e. The van der Waals surface area contributed by atoms with E-state index in [-0.39, 0.29) is 0 Å². The van der Waals surface area contributed by atoms with Crippen LogP contribution < -0.4 is 0 Å². The summed E-state index contributed by atoms with van der Waals surface area (Å²) in [5, 5.41) is 0. The van der Waals surface area contributed by atoms with Crippen LogP contribution in [0.2, 0.25) is 0 Å². The predicted octanol–water partition coefficient (Wildman–Crippen LogP) is 2.83. The molecule has 0 N–H and O–H groups in total. The zero-order valence-electron chi connectivity index (χ0n) is 6.43. The number of hydrogen-bond donors (Lipinski definition) is 0. The largest absolute Gasteiger partial charge is 0.0654 e. The van der Waals surface area contributed by atoms with Gasteiger partial charge in [-0.05, 0) is 24.5 Å². The Morgan fingerprint density at radius 1 is 1.50 bits per heavy atom. The maximum Gasteiger partial charge on any atom is -0.0181 e. The van der Waals surface area contributed by atoms with E-state index in [4.69, 9.17) is 0 Å². The minimum absolute atomic E-state index is 1.20. The second-order valence-electron chi connectivity index (χ2n) is 2.52. The third-order valence-electron chi connectivity index (χ3n) is 1.59. The Kier molecular flexibility index (Phi) is 3.01. The van der Waals surface area contributed by atoms with Crippen LogP contribution in [0.4, 0.5) is 0 Å². The summed E-state index contributed by atoms with van der Waals surface area (Å²) in [4.78, 5) is 0. The van der Waals surface area contributed by atoms with Gasteiger partial charge < -0.3 is 0 Å². The van der Waals surface area contributed by atoms with E-state index in [0.29, 0.717) is 0 Å². The molecule has 0 fully saturated rings. The van der Waals surface area contributed by atoms with Crippen molar-refractivity contribution in [3.8, 4) is 0 Å². The predicted molar refractivity (Wildman–Crippen MR) is 43.9 cm³/mol. The Hall–Kier alpha value is -0.780. The van der Waals surface area contributed by atoms with Crippen LogP contribution in [0.15, 0.2) is 24.3 Å². The molecule has 10 heavy (non-hydrogen) atoms. The van der Waals surface area contributed by atoms with Crippen molar-refractivity contribution in [2.24, 2.45) is 0 Å². The highest BCUT2D eigenvalue weighted by Crippen LogP contribution is 2.02. The zero-order chi connectivity index (χ0) is 7.23. The molecule has 0 aliphatic rings. The van der Waals surface area contributed by atoms with Crippen molar-refractivity contribution in [2.75, 3.05) is 0 Å². The fraction of sp³-hybridized carbons (Fsp3) is 0.400. The Morgan fingerprint density at radius 3 is 3.00 bits per heavy atom. The summed E-state index contributed by atoms with van der Waals surface area (Å²) in [6.07, 6.45) is 3.76. The Labute approximate surface area is 62.9 Å². The molecule has 0 amide bonds. The number of hydrogen-bond acceptors (Lipinski definition) is 0. The summed E-state index contributed by atoms with van der Waals surface area (Å²) in [5.41, 5.74) is 1.41. The van der Waals surface area contributed by atoms with Crippen LogP contribution in [0.5, 0.6) is 0 Å². The standard InChI is InChI=1S/C10H13/c1-2-3-7-10-8-5-4-6-9-10/h4-5,8-9H,2-3,7H2,1H3. The Bertz CT molecular complexity index is 165. The van der Waals surface area contributed by atoms with Gasteiger partial charge >= 0.3 is 0 Å². The molecule has 0 heterocycles. The van der Waals surface area contributed by atoms with Gasteiger partial charge in [0, 0.05) is 0 Å². The van der Waals surface area contributed by atoms with E-state index in [0.717, 1.165) is 0 Å². The quantitative estimate of drug-likeness (QED) is 0.594. The van der Waals surface area contributed by atoms with Crippen molar-refractivity contribution >= 4 is 0 Å². The summed E-state index contributed by atoms with van der Waals surface area (Å²) in [7, 11) is 0. The molecule has 0 nitrogen and oxygen atoms in total. The maximum atomic E-state index is 3.07. The van der Waals surface area contributed by atoms with Crippen molar-refractivity contribution in [3.63, 3.8) is 0 Å². The van der Waals surface area contributed by atoms with E-state index >= 15 is 0 Å². The van der Waals surface area contributed by atoms with Gasteiger partial charge in [0.1, 0.15) is 0 Å². The summed E-state index contributed by atoms with van der Waals surface area (Å²) in [6, 6.07) is 11.3. The van der Waals surface area contributed by atoms with Crippen molar-refractivity contribution < 1.29 is 0 Å². The maximum absolute atomic E-state index is 3.07. The number of aryl methyl sites for hydroxylation is 1. The highest BCUT2D eigenvalue weighted by molar-refractivity contribution is 5.13. The molecule has 1 aromatic carbocycles. The molecule has 1 radical (unpaired) electrons. The lowest BCUT2D eigenvalue weighted by molar-refractivity contribution is 0.795. The van der Waals surface area contributed by atoms with Crippen LogP contribution in [-0.4, -0.2) is 0 Å². The number of rotatable bonds is 3. The van der Waals surface area contributed by atoms with Gasteiger partial charge in [-0.3, -0.25) is 0 Å². The molecule has 53 valence electrons. The van der Waals surface area contributed by atoms with Crippen LogP contribution in [0.1, 0.15) is 25.3 Å². The monoisotopic (exact) mass is 133 g/mol. The van der Waals surface area contributed by atoms with Crippen LogP contribution in [0.25, 0.3) is 0 Å². The van der Waals surface area contributed by atoms with Crippen molar-refractivity contribution in [3.05, 3.63) is 35.9 Å². The molecule has 0 spiro atoms. The average molecular weight is 133 g/mol. The van der Waals surface area contributed by atoms with E-state index in [2.05, 4.69) is 25.1 Å². The van der Waals surface area contributed by atoms with Crippen molar-refractivity contribution in [1.29, 1.82) is 0 Å². The van der Waals surface area contributed by atoms with E-state index in [1.54, 1.807) is 0 Å². The van der Waals surface area contributed by atoms with Crippen molar-refractivity contribution in [2.45, 2.75) is 26.2 Å². The first-order valence-corrected chi connectivity index (χ1v) is 3.88. The van der Waals surface area contributed by atoms with Gasteiger partial charge in [-0.15, -0.1) is 0 Å². The topological polar surface area (TPSA) is 0 Å². The van der Waals surface area contributed by atoms with Gasteiger partial charge in [0.2, 0.25) is 0 Å². The van der Waals surface area contributed by atoms with Gasteiger partial charge in [0.25, 0.3) is 0 Å². The van der Waals surface area contributed by atoms with Crippen LogP contribution >= 0.6 is 0 Å². The molecule has 0 bridgehead atoms. The average Bonchev–Trinajstić information content (AvgIpc) is 2.03. The Morgan fingerprint density at radius 2 is 2.40 bits per heavy atom. The molecular formula is C10H13. The fourth-order valence-electron chi connectivity index (χ4n) is 0.967. The van der Waals surface area contributed by atoms with Crippen LogP contribution in [0, 0.1) is 6.07 Å². The molecule has 0 unspecified atom stereocenters.